The number of fused-ring (bicyclic) bond motifs is 1. The highest BCUT2D eigenvalue weighted by Crippen LogP contribution is 2.31. The van der Waals surface area contributed by atoms with Crippen LogP contribution in [0.4, 0.5) is 5.69 Å². The van der Waals surface area contributed by atoms with Crippen molar-refractivity contribution >= 4 is 44.1 Å². The standard InChI is InChI=1S/C8H6BrClN2/c9-5-1-4(10)2-7-8(5)6(11)3-12-7/h1-3,12H,11H2. The highest BCUT2D eigenvalue weighted by molar-refractivity contribution is 9.10. The number of anilines is 1. The van der Waals surface area contributed by atoms with Gasteiger partial charge in [0.25, 0.3) is 0 Å². The van der Waals surface area contributed by atoms with Crippen LogP contribution in [0.3, 0.4) is 0 Å². The number of nitrogens with one attached hydrogen (secondary N) is 1. The van der Waals surface area contributed by atoms with Gasteiger partial charge in [-0.15, -0.1) is 0 Å². The van der Waals surface area contributed by atoms with Crippen LogP contribution >= 0.6 is 27.5 Å². The Morgan fingerprint density at radius 3 is 2.92 bits per heavy atom. The molecule has 0 aliphatic heterocycles. The number of aromatic nitrogens is 1. The fraction of sp³-hybridized carbons (Fsp3) is 0. The van der Waals surface area contributed by atoms with Crippen LogP contribution in [0.1, 0.15) is 0 Å². The minimum Gasteiger partial charge on any atom is -0.397 e. The summed E-state index contributed by atoms with van der Waals surface area (Å²) in [4.78, 5) is 3.03. The molecular formula is C8H6BrClN2. The summed E-state index contributed by atoms with van der Waals surface area (Å²) in [6, 6.07) is 3.67. The van der Waals surface area contributed by atoms with Gasteiger partial charge in [0.2, 0.25) is 0 Å². The number of aromatic amines is 1. The molecule has 0 bridgehead atoms. The maximum Gasteiger partial charge on any atom is 0.0583 e. The van der Waals surface area contributed by atoms with E-state index in [2.05, 4.69) is 20.9 Å². The molecule has 0 fully saturated rings. The molecular weight excluding hydrogens is 239 g/mol. The van der Waals surface area contributed by atoms with Gasteiger partial charge >= 0.3 is 0 Å². The van der Waals surface area contributed by atoms with Gasteiger partial charge in [0.05, 0.1) is 11.2 Å². The Hall–Kier alpha value is -0.670. The molecule has 0 amide bonds. The summed E-state index contributed by atoms with van der Waals surface area (Å²) in [5.74, 6) is 0. The lowest BCUT2D eigenvalue weighted by atomic mass is 10.2. The smallest absolute Gasteiger partial charge is 0.0583 e. The Balaban J connectivity index is 2.93. The third-order valence-corrected chi connectivity index (χ3v) is 2.57. The van der Waals surface area contributed by atoms with Crippen LogP contribution in [0.2, 0.25) is 5.02 Å². The Morgan fingerprint density at radius 2 is 2.17 bits per heavy atom. The molecule has 0 aliphatic rings. The molecule has 1 heterocycles. The van der Waals surface area contributed by atoms with Crippen molar-refractivity contribution in [3.63, 3.8) is 0 Å². The van der Waals surface area contributed by atoms with Crippen molar-refractivity contribution in [3.05, 3.63) is 27.8 Å². The number of nitrogen functional groups attached to an aromatic ring is 1. The van der Waals surface area contributed by atoms with Gasteiger partial charge in [-0.3, -0.25) is 0 Å². The van der Waals surface area contributed by atoms with Gasteiger partial charge in [0, 0.05) is 21.1 Å². The van der Waals surface area contributed by atoms with E-state index in [4.69, 9.17) is 17.3 Å². The first-order valence-electron chi connectivity index (χ1n) is 3.40. The van der Waals surface area contributed by atoms with Gasteiger partial charge in [-0.2, -0.15) is 0 Å². The van der Waals surface area contributed by atoms with Crippen LogP contribution in [0, 0.1) is 0 Å². The zero-order valence-electron chi connectivity index (χ0n) is 6.07. The minimum absolute atomic E-state index is 0.691. The average molecular weight is 246 g/mol. The molecule has 0 saturated carbocycles. The van der Waals surface area contributed by atoms with E-state index in [1.807, 2.05) is 12.1 Å². The Morgan fingerprint density at radius 1 is 1.42 bits per heavy atom. The Kier molecular flexibility index (Phi) is 1.77. The second kappa shape index (κ2) is 2.68. The predicted molar refractivity (Wildman–Crippen MR) is 55.4 cm³/mol. The molecule has 4 heteroatoms. The molecule has 3 N–H and O–H groups in total. The van der Waals surface area contributed by atoms with E-state index in [0.29, 0.717) is 5.02 Å². The van der Waals surface area contributed by atoms with Crippen molar-refractivity contribution in [2.45, 2.75) is 0 Å². The molecule has 0 unspecified atom stereocenters. The van der Waals surface area contributed by atoms with Crippen molar-refractivity contribution in [2.75, 3.05) is 5.73 Å². The molecule has 62 valence electrons. The van der Waals surface area contributed by atoms with E-state index in [1.165, 1.54) is 0 Å². The summed E-state index contributed by atoms with van der Waals surface area (Å²) in [6.45, 7) is 0. The minimum atomic E-state index is 0.691. The lowest BCUT2D eigenvalue weighted by Gasteiger charge is -1.96. The SMILES string of the molecule is Nc1c[nH]c2cc(Cl)cc(Br)c12. The van der Waals surface area contributed by atoms with Gasteiger partial charge in [-0.1, -0.05) is 11.6 Å². The van der Waals surface area contributed by atoms with Gasteiger partial charge < -0.3 is 10.7 Å². The van der Waals surface area contributed by atoms with Crippen molar-refractivity contribution in [2.24, 2.45) is 0 Å². The van der Waals surface area contributed by atoms with Crippen LogP contribution in [0.25, 0.3) is 10.9 Å². The number of rotatable bonds is 0. The molecule has 0 atom stereocenters. The molecule has 0 radical (unpaired) electrons. The number of hydrogen-bond acceptors (Lipinski definition) is 1. The molecule has 1 aromatic carbocycles. The second-order valence-electron chi connectivity index (χ2n) is 2.55. The maximum absolute atomic E-state index is 5.84. The quantitative estimate of drug-likeness (QED) is 0.735. The van der Waals surface area contributed by atoms with Gasteiger partial charge in [0.1, 0.15) is 0 Å². The van der Waals surface area contributed by atoms with Crippen LogP contribution in [0.5, 0.6) is 0 Å². The Bertz CT molecular complexity index is 436. The summed E-state index contributed by atoms with van der Waals surface area (Å²) in [7, 11) is 0. The maximum atomic E-state index is 5.84. The molecule has 2 rings (SSSR count). The highest BCUT2D eigenvalue weighted by Gasteiger charge is 2.05. The number of hydrogen-bond donors (Lipinski definition) is 2. The van der Waals surface area contributed by atoms with Crippen LogP contribution < -0.4 is 5.73 Å². The topological polar surface area (TPSA) is 41.8 Å². The van der Waals surface area contributed by atoms with Crippen LogP contribution in [-0.4, -0.2) is 4.98 Å². The first-order chi connectivity index (χ1) is 5.68. The fourth-order valence-electron chi connectivity index (χ4n) is 1.21. The van der Waals surface area contributed by atoms with E-state index >= 15 is 0 Å². The average Bonchev–Trinajstić information content (AvgIpc) is 2.31. The van der Waals surface area contributed by atoms with Gasteiger partial charge in [-0.05, 0) is 28.1 Å². The predicted octanol–water partition coefficient (Wildman–Crippen LogP) is 3.17. The third kappa shape index (κ3) is 1.09. The van der Waals surface area contributed by atoms with E-state index in [-0.39, 0.29) is 0 Å². The molecule has 2 aromatic rings. The summed E-state index contributed by atoms with van der Waals surface area (Å²) in [5, 5.41) is 1.68. The van der Waals surface area contributed by atoms with E-state index in [1.54, 1.807) is 6.20 Å². The monoisotopic (exact) mass is 244 g/mol. The largest absolute Gasteiger partial charge is 0.397 e. The van der Waals surface area contributed by atoms with Crippen molar-refractivity contribution in [1.29, 1.82) is 0 Å². The highest BCUT2D eigenvalue weighted by atomic mass is 79.9. The Labute approximate surface area is 82.8 Å². The van der Waals surface area contributed by atoms with Crippen LogP contribution in [0.15, 0.2) is 22.8 Å². The van der Waals surface area contributed by atoms with Crippen molar-refractivity contribution < 1.29 is 0 Å². The number of H-pyrrole nitrogens is 1. The first-order valence-corrected chi connectivity index (χ1v) is 4.57. The van der Waals surface area contributed by atoms with Gasteiger partial charge in [0.15, 0.2) is 0 Å². The second-order valence-corrected chi connectivity index (χ2v) is 3.84. The normalized spacial score (nSPS) is 10.8. The number of halogens is 2. The van der Waals surface area contributed by atoms with E-state index < -0.39 is 0 Å². The molecule has 0 spiro atoms. The van der Waals surface area contributed by atoms with Crippen molar-refractivity contribution in [1.82, 2.24) is 4.98 Å². The zero-order valence-corrected chi connectivity index (χ0v) is 8.41. The fourth-order valence-corrected chi connectivity index (χ4v) is 2.25. The number of benzene rings is 1. The summed E-state index contributed by atoms with van der Waals surface area (Å²) in [6.07, 6.45) is 1.76. The number of nitrogens with two attached hydrogens (primary N) is 1. The summed E-state index contributed by atoms with van der Waals surface area (Å²) >= 11 is 9.24. The molecule has 0 aliphatic carbocycles. The lowest BCUT2D eigenvalue weighted by Crippen LogP contribution is -1.80. The molecule has 1 aromatic heterocycles. The van der Waals surface area contributed by atoms with Crippen LogP contribution in [-0.2, 0) is 0 Å². The molecule has 12 heavy (non-hydrogen) atoms. The molecule has 2 nitrogen and oxygen atoms in total. The van der Waals surface area contributed by atoms with E-state index in [9.17, 15) is 0 Å². The zero-order chi connectivity index (χ0) is 8.72. The summed E-state index contributed by atoms with van der Waals surface area (Å²) < 4.78 is 0.920. The van der Waals surface area contributed by atoms with E-state index in [0.717, 1.165) is 21.1 Å². The van der Waals surface area contributed by atoms with Crippen molar-refractivity contribution in [3.8, 4) is 0 Å². The summed E-state index contributed by atoms with van der Waals surface area (Å²) in [5.41, 5.74) is 7.40. The first kappa shape index (κ1) is 7.95. The lowest BCUT2D eigenvalue weighted by molar-refractivity contribution is 1.48. The third-order valence-electron chi connectivity index (χ3n) is 1.73. The van der Waals surface area contributed by atoms with Gasteiger partial charge in [-0.25, -0.2) is 0 Å². The molecule has 0 saturated heterocycles.